The van der Waals surface area contributed by atoms with Crippen LogP contribution in [0.4, 0.5) is 0 Å². The molecule has 1 heterocycles. The molecule has 2 aromatic rings. The normalized spacial score (nSPS) is 10.8. The average molecular weight is 268 g/mol. The van der Waals surface area contributed by atoms with Gasteiger partial charge in [0, 0.05) is 18.8 Å². The maximum Gasteiger partial charge on any atom is 0.213 e. The number of nitrogens with one attached hydrogen (secondary N) is 1. The Balaban J connectivity index is 1.51. The molecule has 2 rings (SSSR count). The first-order valence-electron chi connectivity index (χ1n) is 6.91. The van der Waals surface area contributed by atoms with Crippen molar-refractivity contribution >= 4 is 6.08 Å². The van der Waals surface area contributed by atoms with Crippen molar-refractivity contribution in [2.75, 3.05) is 19.7 Å². The van der Waals surface area contributed by atoms with Crippen LogP contribution in [0.2, 0.25) is 0 Å². The molecule has 3 nitrogen and oxygen atoms in total. The highest BCUT2D eigenvalue weighted by molar-refractivity contribution is 5.48. The van der Waals surface area contributed by atoms with Gasteiger partial charge in [-0.3, -0.25) is 0 Å². The van der Waals surface area contributed by atoms with Crippen LogP contribution in [0.15, 0.2) is 60.8 Å². The summed E-state index contributed by atoms with van der Waals surface area (Å²) in [6, 6.07) is 16.0. The monoisotopic (exact) mass is 268 g/mol. The maximum absolute atomic E-state index is 5.51. The van der Waals surface area contributed by atoms with Crippen LogP contribution >= 0.6 is 0 Å². The summed E-state index contributed by atoms with van der Waals surface area (Å²) >= 11 is 0. The van der Waals surface area contributed by atoms with Gasteiger partial charge in [0.05, 0.1) is 6.61 Å². The van der Waals surface area contributed by atoms with Crippen LogP contribution in [0.25, 0.3) is 6.08 Å². The van der Waals surface area contributed by atoms with Gasteiger partial charge in [-0.2, -0.15) is 0 Å². The fourth-order valence-electron chi connectivity index (χ4n) is 1.75. The summed E-state index contributed by atoms with van der Waals surface area (Å²) in [6.45, 7) is 2.50. The molecule has 0 atom stereocenters. The van der Waals surface area contributed by atoms with Crippen LogP contribution in [-0.2, 0) is 0 Å². The average Bonchev–Trinajstić information content (AvgIpc) is 2.52. The Kier molecular flexibility index (Phi) is 6.34. The number of hydrogen-bond donors (Lipinski definition) is 1. The molecule has 0 fully saturated rings. The fraction of sp³-hybridized carbons (Fsp3) is 0.235. The van der Waals surface area contributed by atoms with Crippen molar-refractivity contribution in [1.29, 1.82) is 0 Å². The SMILES string of the molecule is C(=C\c1ccccc1)/CNCCCOc1ccccn1. The van der Waals surface area contributed by atoms with Crippen molar-refractivity contribution in [2.45, 2.75) is 6.42 Å². The van der Waals surface area contributed by atoms with Gasteiger partial charge in [0.25, 0.3) is 0 Å². The Morgan fingerprint density at radius 2 is 1.90 bits per heavy atom. The molecule has 0 saturated heterocycles. The first-order chi connectivity index (χ1) is 9.95. The van der Waals surface area contributed by atoms with E-state index in [-0.39, 0.29) is 0 Å². The van der Waals surface area contributed by atoms with Gasteiger partial charge < -0.3 is 10.1 Å². The van der Waals surface area contributed by atoms with Crippen molar-refractivity contribution in [3.05, 3.63) is 66.4 Å². The number of pyridine rings is 1. The van der Waals surface area contributed by atoms with E-state index in [4.69, 9.17) is 4.74 Å². The van der Waals surface area contributed by atoms with Crippen molar-refractivity contribution < 1.29 is 4.74 Å². The predicted octanol–water partition coefficient (Wildman–Crippen LogP) is 3.15. The van der Waals surface area contributed by atoms with Crippen molar-refractivity contribution in [2.24, 2.45) is 0 Å². The molecule has 0 aliphatic heterocycles. The molecule has 20 heavy (non-hydrogen) atoms. The van der Waals surface area contributed by atoms with Gasteiger partial charge in [0.15, 0.2) is 0 Å². The van der Waals surface area contributed by atoms with Crippen LogP contribution in [0.1, 0.15) is 12.0 Å². The molecule has 0 bridgehead atoms. The van der Waals surface area contributed by atoms with E-state index < -0.39 is 0 Å². The molecule has 1 aromatic heterocycles. The van der Waals surface area contributed by atoms with Crippen LogP contribution in [0.5, 0.6) is 5.88 Å². The molecule has 3 heteroatoms. The van der Waals surface area contributed by atoms with Crippen LogP contribution in [-0.4, -0.2) is 24.7 Å². The Morgan fingerprint density at radius 1 is 1.05 bits per heavy atom. The van der Waals surface area contributed by atoms with E-state index in [0.717, 1.165) is 19.5 Å². The number of aromatic nitrogens is 1. The lowest BCUT2D eigenvalue weighted by Crippen LogP contribution is -2.17. The van der Waals surface area contributed by atoms with Gasteiger partial charge in [0.1, 0.15) is 0 Å². The summed E-state index contributed by atoms with van der Waals surface area (Å²) < 4.78 is 5.51. The predicted molar refractivity (Wildman–Crippen MR) is 82.7 cm³/mol. The zero-order valence-electron chi connectivity index (χ0n) is 11.5. The molecule has 0 saturated carbocycles. The first kappa shape index (κ1) is 14.3. The van der Waals surface area contributed by atoms with Gasteiger partial charge >= 0.3 is 0 Å². The topological polar surface area (TPSA) is 34.1 Å². The highest BCUT2D eigenvalue weighted by Gasteiger charge is 1.92. The number of benzene rings is 1. The van der Waals surface area contributed by atoms with Gasteiger partial charge in [-0.15, -0.1) is 0 Å². The van der Waals surface area contributed by atoms with Gasteiger partial charge in [-0.25, -0.2) is 4.98 Å². The molecule has 1 aromatic carbocycles. The minimum absolute atomic E-state index is 0.687. The van der Waals surface area contributed by atoms with E-state index in [0.29, 0.717) is 12.5 Å². The molecule has 0 unspecified atom stereocenters. The minimum atomic E-state index is 0.687. The van der Waals surface area contributed by atoms with Crippen molar-refractivity contribution in [3.63, 3.8) is 0 Å². The first-order valence-corrected chi connectivity index (χ1v) is 6.91. The highest BCUT2D eigenvalue weighted by atomic mass is 16.5. The lowest BCUT2D eigenvalue weighted by atomic mass is 10.2. The van der Waals surface area contributed by atoms with Crippen LogP contribution in [0, 0.1) is 0 Å². The molecular weight excluding hydrogens is 248 g/mol. The Morgan fingerprint density at radius 3 is 2.70 bits per heavy atom. The highest BCUT2D eigenvalue weighted by Crippen LogP contribution is 2.03. The largest absolute Gasteiger partial charge is 0.478 e. The molecule has 104 valence electrons. The van der Waals surface area contributed by atoms with E-state index >= 15 is 0 Å². The van der Waals surface area contributed by atoms with E-state index in [2.05, 4.69) is 34.6 Å². The minimum Gasteiger partial charge on any atom is -0.478 e. The summed E-state index contributed by atoms with van der Waals surface area (Å²) in [7, 11) is 0. The van der Waals surface area contributed by atoms with Gasteiger partial charge in [0.2, 0.25) is 5.88 Å². The lowest BCUT2D eigenvalue weighted by molar-refractivity contribution is 0.297. The molecule has 0 amide bonds. The summed E-state index contributed by atoms with van der Waals surface area (Å²) in [5, 5.41) is 3.35. The lowest BCUT2D eigenvalue weighted by Gasteiger charge is -2.04. The molecule has 0 aliphatic carbocycles. The third-order valence-electron chi connectivity index (χ3n) is 2.76. The molecule has 0 radical (unpaired) electrons. The molecular formula is C17H20N2O. The second-order valence-electron chi connectivity index (χ2n) is 4.39. The fourth-order valence-corrected chi connectivity index (χ4v) is 1.75. The number of rotatable bonds is 8. The quantitative estimate of drug-likeness (QED) is 0.747. The summed E-state index contributed by atoms with van der Waals surface area (Å²) in [5.41, 5.74) is 1.23. The number of hydrogen-bond acceptors (Lipinski definition) is 3. The number of ether oxygens (including phenoxy) is 1. The third kappa shape index (κ3) is 5.67. The molecule has 1 N–H and O–H groups in total. The zero-order chi connectivity index (χ0) is 13.9. The Labute approximate surface area is 120 Å². The van der Waals surface area contributed by atoms with E-state index in [1.54, 1.807) is 6.20 Å². The van der Waals surface area contributed by atoms with Gasteiger partial charge in [-0.05, 0) is 24.6 Å². The van der Waals surface area contributed by atoms with Crippen LogP contribution < -0.4 is 10.1 Å². The third-order valence-corrected chi connectivity index (χ3v) is 2.76. The number of nitrogens with zero attached hydrogens (tertiary/aromatic N) is 1. The standard InChI is InChI=1S/C17H20N2O/c1-2-8-16(9-3-1)10-6-12-18-13-7-15-20-17-11-4-5-14-19-17/h1-6,8-11,14,18H,7,12-13,15H2/b10-6+. The van der Waals surface area contributed by atoms with Crippen LogP contribution in [0.3, 0.4) is 0 Å². The Bertz CT molecular complexity index is 497. The molecule has 0 spiro atoms. The summed E-state index contributed by atoms with van der Waals surface area (Å²) in [6.07, 6.45) is 6.96. The maximum atomic E-state index is 5.51. The van der Waals surface area contributed by atoms with Gasteiger partial charge in [-0.1, -0.05) is 48.6 Å². The van der Waals surface area contributed by atoms with Crippen molar-refractivity contribution in [3.8, 4) is 5.88 Å². The smallest absolute Gasteiger partial charge is 0.213 e. The molecule has 0 aliphatic rings. The second-order valence-corrected chi connectivity index (χ2v) is 4.39. The van der Waals surface area contributed by atoms with Crippen molar-refractivity contribution in [1.82, 2.24) is 10.3 Å². The summed E-state index contributed by atoms with van der Waals surface area (Å²) in [5.74, 6) is 0.691. The summed E-state index contributed by atoms with van der Waals surface area (Å²) in [4.78, 5) is 4.11. The van der Waals surface area contributed by atoms with E-state index in [9.17, 15) is 0 Å². The zero-order valence-corrected chi connectivity index (χ0v) is 11.5. The second kappa shape index (κ2) is 8.88. The van der Waals surface area contributed by atoms with E-state index in [1.165, 1.54) is 5.56 Å². The van der Waals surface area contributed by atoms with E-state index in [1.807, 2.05) is 36.4 Å². The Hall–Kier alpha value is -2.13.